The number of hydrogen-bond donors (Lipinski definition) is 1. The van der Waals surface area contributed by atoms with Crippen molar-refractivity contribution in [2.45, 2.75) is 75.5 Å². The third-order valence-corrected chi connectivity index (χ3v) is 6.50. The van der Waals surface area contributed by atoms with Gasteiger partial charge >= 0.3 is 0 Å². The summed E-state index contributed by atoms with van der Waals surface area (Å²) in [5.41, 5.74) is 0.983. The number of carbonyl (C=O) groups is 1. The molecular weight excluding hydrogens is 372 g/mol. The molecule has 4 rings (SSSR count). The van der Waals surface area contributed by atoms with Crippen LogP contribution in [0, 0.1) is 11.8 Å². The first-order valence-corrected chi connectivity index (χ1v) is 11.2. The van der Waals surface area contributed by atoms with Crippen LogP contribution >= 0.6 is 0 Å². The van der Waals surface area contributed by atoms with Crippen LogP contribution < -0.4 is 0 Å². The first kappa shape index (κ1) is 20.6. The van der Waals surface area contributed by atoms with E-state index in [1.54, 1.807) is 6.20 Å². The average Bonchev–Trinajstić information content (AvgIpc) is 2.81. The Morgan fingerprint density at radius 3 is 2.33 bits per heavy atom. The Hall–Kier alpha value is -2.64. The fourth-order valence-electron chi connectivity index (χ4n) is 4.93. The predicted molar refractivity (Wildman–Crippen MR) is 118 cm³/mol. The molecule has 0 spiro atoms. The molecule has 1 heterocycles. The number of aromatic nitrogens is 1. The molecule has 1 aromatic carbocycles. The maximum absolute atomic E-state index is 13.8. The second-order valence-electron chi connectivity index (χ2n) is 8.56. The Labute approximate surface area is 179 Å². The van der Waals surface area contributed by atoms with Crippen molar-refractivity contribution >= 4 is 5.91 Å². The summed E-state index contributed by atoms with van der Waals surface area (Å²) in [6.07, 6.45) is 9.76. The van der Waals surface area contributed by atoms with Gasteiger partial charge in [-0.25, -0.2) is 4.98 Å². The summed E-state index contributed by atoms with van der Waals surface area (Å²) >= 11 is 0. The Kier molecular flexibility index (Phi) is 6.50. The summed E-state index contributed by atoms with van der Waals surface area (Å²) in [5, 5.41) is 10.1. The topological polar surface area (TPSA) is 53.4 Å². The highest BCUT2D eigenvalue weighted by Gasteiger charge is 2.44. The number of carbonyl (C=O) groups excluding carboxylic acids is 1. The average molecular weight is 403 g/mol. The Morgan fingerprint density at radius 2 is 1.67 bits per heavy atom. The number of aliphatic hydroxyl groups is 1. The van der Waals surface area contributed by atoms with Crippen molar-refractivity contribution in [3.05, 3.63) is 66.0 Å². The molecule has 1 N–H and O–H groups in total. The molecule has 0 unspecified atom stereocenters. The van der Waals surface area contributed by atoms with Crippen LogP contribution in [0.15, 0.2) is 54.7 Å². The first-order valence-electron chi connectivity index (χ1n) is 11.2. The van der Waals surface area contributed by atoms with Gasteiger partial charge in [-0.15, -0.1) is 0 Å². The van der Waals surface area contributed by atoms with E-state index >= 15 is 0 Å². The van der Waals surface area contributed by atoms with Gasteiger partial charge in [-0.2, -0.15) is 0 Å². The molecule has 30 heavy (non-hydrogen) atoms. The fourth-order valence-corrected chi connectivity index (χ4v) is 4.93. The van der Waals surface area contributed by atoms with Gasteiger partial charge in [-0.3, -0.25) is 4.79 Å². The van der Waals surface area contributed by atoms with Crippen LogP contribution in [0.4, 0.5) is 0 Å². The molecule has 2 aliphatic rings. The van der Waals surface area contributed by atoms with Crippen LogP contribution in [0.1, 0.15) is 73.8 Å². The Balaban J connectivity index is 1.75. The lowest BCUT2D eigenvalue weighted by Gasteiger charge is -2.48. The normalized spacial score (nSPS) is 23.1. The van der Waals surface area contributed by atoms with Crippen LogP contribution in [-0.4, -0.2) is 38.6 Å². The zero-order valence-corrected chi connectivity index (χ0v) is 17.5. The lowest BCUT2D eigenvalue weighted by molar-refractivity contribution is 0.0131. The van der Waals surface area contributed by atoms with Gasteiger partial charge in [0.2, 0.25) is 0 Å². The standard InChI is InChI=1S/C26H30N2O2/c29-24-14-12-23(13-15-24)28(25(30)21-9-3-1-4-10-21)26(17-6-2-7-18-26)19-16-22-11-5-8-20-27-22/h1,3-5,8-11,20,23-24,29H,2,6-7,12-15,17-18H2. The molecule has 156 valence electrons. The van der Waals surface area contributed by atoms with Crippen molar-refractivity contribution in [2.24, 2.45) is 0 Å². The molecule has 4 heteroatoms. The maximum Gasteiger partial charge on any atom is 0.255 e. The Morgan fingerprint density at radius 1 is 0.967 bits per heavy atom. The number of amides is 1. The van der Waals surface area contributed by atoms with Crippen LogP contribution in [0.3, 0.4) is 0 Å². The number of nitrogens with zero attached hydrogens (tertiary/aromatic N) is 2. The predicted octanol–water partition coefficient (Wildman–Crippen LogP) is 4.58. The highest BCUT2D eigenvalue weighted by atomic mass is 16.3. The van der Waals surface area contributed by atoms with Crippen molar-refractivity contribution in [2.75, 3.05) is 0 Å². The van der Waals surface area contributed by atoms with E-state index in [2.05, 4.69) is 21.7 Å². The second-order valence-corrected chi connectivity index (χ2v) is 8.56. The third kappa shape index (κ3) is 4.57. The monoisotopic (exact) mass is 402 g/mol. The molecule has 4 nitrogen and oxygen atoms in total. The molecule has 0 radical (unpaired) electrons. The summed E-state index contributed by atoms with van der Waals surface area (Å²) < 4.78 is 0. The van der Waals surface area contributed by atoms with Gasteiger partial charge in [0.1, 0.15) is 11.2 Å². The van der Waals surface area contributed by atoms with Gasteiger partial charge in [0.05, 0.1) is 6.10 Å². The Bertz CT molecular complexity index is 887. The number of hydrogen-bond acceptors (Lipinski definition) is 3. The van der Waals surface area contributed by atoms with Gasteiger partial charge in [0.25, 0.3) is 5.91 Å². The zero-order chi connectivity index (χ0) is 20.8. The van der Waals surface area contributed by atoms with Gasteiger partial charge in [-0.1, -0.05) is 49.4 Å². The van der Waals surface area contributed by atoms with E-state index in [1.807, 2.05) is 48.5 Å². The minimum Gasteiger partial charge on any atom is -0.393 e. The molecule has 0 saturated heterocycles. The van der Waals surface area contributed by atoms with Crippen LogP contribution in [-0.2, 0) is 0 Å². The van der Waals surface area contributed by atoms with Crippen molar-refractivity contribution in [3.63, 3.8) is 0 Å². The number of rotatable bonds is 3. The van der Waals surface area contributed by atoms with E-state index in [4.69, 9.17) is 0 Å². The van der Waals surface area contributed by atoms with Crippen molar-refractivity contribution < 1.29 is 9.90 Å². The van der Waals surface area contributed by atoms with Gasteiger partial charge in [0.15, 0.2) is 0 Å². The second kappa shape index (κ2) is 9.45. The van der Waals surface area contributed by atoms with E-state index in [1.165, 1.54) is 6.42 Å². The van der Waals surface area contributed by atoms with Crippen molar-refractivity contribution in [1.29, 1.82) is 0 Å². The molecule has 1 amide bonds. The van der Waals surface area contributed by atoms with Crippen LogP contribution in [0.5, 0.6) is 0 Å². The van der Waals surface area contributed by atoms with Crippen molar-refractivity contribution in [3.8, 4) is 11.8 Å². The van der Waals surface area contributed by atoms with E-state index in [9.17, 15) is 9.90 Å². The molecule has 2 saturated carbocycles. The van der Waals surface area contributed by atoms with Gasteiger partial charge in [-0.05, 0) is 68.7 Å². The number of aliphatic hydroxyl groups excluding tert-OH is 1. The minimum absolute atomic E-state index is 0.0641. The quantitative estimate of drug-likeness (QED) is 0.765. The molecule has 0 bridgehead atoms. The molecule has 0 atom stereocenters. The summed E-state index contributed by atoms with van der Waals surface area (Å²) in [5.74, 6) is 6.89. The first-order chi connectivity index (χ1) is 14.7. The minimum atomic E-state index is -0.477. The summed E-state index contributed by atoms with van der Waals surface area (Å²) in [4.78, 5) is 20.3. The molecule has 2 aliphatic carbocycles. The van der Waals surface area contributed by atoms with E-state index in [0.717, 1.165) is 57.1 Å². The lowest BCUT2D eigenvalue weighted by Crippen LogP contribution is -2.57. The molecule has 1 aromatic heterocycles. The number of benzene rings is 1. The molecular formula is C26H30N2O2. The SMILES string of the molecule is O=C(c1ccccc1)N(C1CCC(O)CC1)C1(C#Cc2ccccn2)CCCCC1. The lowest BCUT2D eigenvalue weighted by atomic mass is 9.77. The molecule has 2 aromatic rings. The highest BCUT2D eigenvalue weighted by molar-refractivity contribution is 5.95. The molecule has 2 fully saturated rings. The summed E-state index contributed by atoms with van der Waals surface area (Å²) in [6.45, 7) is 0. The highest BCUT2D eigenvalue weighted by Crippen LogP contribution is 2.39. The van der Waals surface area contributed by atoms with Gasteiger partial charge < -0.3 is 10.0 Å². The summed E-state index contributed by atoms with van der Waals surface area (Å²) in [7, 11) is 0. The van der Waals surface area contributed by atoms with E-state index in [0.29, 0.717) is 5.56 Å². The largest absolute Gasteiger partial charge is 0.393 e. The van der Waals surface area contributed by atoms with Crippen molar-refractivity contribution in [1.82, 2.24) is 9.88 Å². The van der Waals surface area contributed by atoms with Crippen LogP contribution in [0.25, 0.3) is 0 Å². The van der Waals surface area contributed by atoms with E-state index in [-0.39, 0.29) is 18.1 Å². The fraction of sp³-hybridized carbons (Fsp3) is 0.462. The smallest absolute Gasteiger partial charge is 0.255 e. The third-order valence-electron chi connectivity index (χ3n) is 6.50. The molecule has 0 aliphatic heterocycles. The van der Waals surface area contributed by atoms with Crippen LogP contribution in [0.2, 0.25) is 0 Å². The number of pyridine rings is 1. The van der Waals surface area contributed by atoms with Gasteiger partial charge in [0, 0.05) is 17.8 Å². The summed E-state index contributed by atoms with van der Waals surface area (Å²) in [6, 6.07) is 15.4. The van der Waals surface area contributed by atoms with E-state index < -0.39 is 5.54 Å². The maximum atomic E-state index is 13.8. The zero-order valence-electron chi connectivity index (χ0n) is 17.5.